The van der Waals surface area contributed by atoms with Crippen molar-refractivity contribution in [3.63, 3.8) is 0 Å². The van der Waals surface area contributed by atoms with Crippen molar-refractivity contribution in [2.24, 2.45) is 0 Å². The molecule has 4 aromatic rings. The van der Waals surface area contributed by atoms with Crippen LogP contribution in [0, 0.1) is 13.8 Å². The highest BCUT2D eigenvalue weighted by molar-refractivity contribution is 7.91. The molecule has 0 spiro atoms. The third-order valence-corrected chi connectivity index (χ3v) is 7.14. The molecule has 5 nitrogen and oxygen atoms in total. The summed E-state index contributed by atoms with van der Waals surface area (Å²) in [4.78, 5) is 17.2. The number of hydrogen-bond acceptors (Lipinski definition) is 4. The molecular formula is C24H22N2O3S. The number of Topliss-reactive ketones (excluding diaryl/α,β-unsaturated/α-hetero) is 1. The highest BCUT2D eigenvalue weighted by atomic mass is 32.2. The van der Waals surface area contributed by atoms with E-state index in [1.54, 1.807) is 61.1 Å². The standard InChI is InChI=1S/C24H22N2O3S/c1-17-3-8-22(15-18(17)2)30(28,29)21-9-4-19(5-10-21)6-11-23(27)20-7-12-24-25-13-14-26(24)16-20/h3-5,7-10,12-16H,6,11H2,1-2H3. The molecule has 0 unspecified atom stereocenters. The molecule has 152 valence electrons. The molecule has 0 saturated heterocycles. The number of sulfone groups is 1. The van der Waals surface area contributed by atoms with Gasteiger partial charge in [0.25, 0.3) is 0 Å². The van der Waals surface area contributed by atoms with E-state index < -0.39 is 9.84 Å². The first-order valence-electron chi connectivity index (χ1n) is 9.72. The first-order valence-corrected chi connectivity index (χ1v) is 11.2. The first-order chi connectivity index (χ1) is 14.3. The summed E-state index contributed by atoms with van der Waals surface area (Å²) in [5.41, 5.74) is 4.36. The molecule has 2 aromatic heterocycles. The van der Waals surface area contributed by atoms with Crippen LogP contribution in [0.5, 0.6) is 0 Å². The third kappa shape index (κ3) is 3.91. The minimum absolute atomic E-state index is 0.0393. The van der Waals surface area contributed by atoms with Crippen molar-refractivity contribution in [2.75, 3.05) is 0 Å². The second-order valence-electron chi connectivity index (χ2n) is 7.43. The number of ketones is 1. The predicted molar refractivity (Wildman–Crippen MR) is 116 cm³/mol. The summed E-state index contributed by atoms with van der Waals surface area (Å²) in [7, 11) is -3.56. The summed E-state index contributed by atoms with van der Waals surface area (Å²) in [5.74, 6) is 0.0393. The van der Waals surface area contributed by atoms with E-state index in [9.17, 15) is 13.2 Å². The van der Waals surface area contributed by atoms with Gasteiger partial charge >= 0.3 is 0 Å². The van der Waals surface area contributed by atoms with Gasteiger partial charge < -0.3 is 4.40 Å². The molecule has 0 bridgehead atoms. The highest BCUT2D eigenvalue weighted by Gasteiger charge is 2.18. The van der Waals surface area contributed by atoms with Gasteiger partial charge in [-0.3, -0.25) is 4.79 Å². The van der Waals surface area contributed by atoms with Gasteiger partial charge in [-0.05, 0) is 73.4 Å². The van der Waals surface area contributed by atoms with Crippen LogP contribution in [0.25, 0.3) is 5.65 Å². The number of pyridine rings is 1. The van der Waals surface area contributed by atoms with Crippen molar-refractivity contribution in [1.82, 2.24) is 9.38 Å². The molecule has 2 aromatic carbocycles. The van der Waals surface area contributed by atoms with E-state index in [-0.39, 0.29) is 10.7 Å². The topological polar surface area (TPSA) is 68.5 Å². The molecule has 2 heterocycles. The van der Waals surface area contributed by atoms with Gasteiger partial charge in [0.2, 0.25) is 9.84 Å². The number of hydrogen-bond donors (Lipinski definition) is 0. The van der Waals surface area contributed by atoms with E-state index in [1.807, 2.05) is 30.4 Å². The fourth-order valence-corrected chi connectivity index (χ4v) is 4.69. The Hall–Kier alpha value is -3.25. The second kappa shape index (κ2) is 7.88. The number of benzene rings is 2. The van der Waals surface area contributed by atoms with Gasteiger partial charge in [0.1, 0.15) is 5.65 Å². The van der Waals surface area contributed by atoms with E-state index in [0.29, 0.717) is 23.3 Å². The number of nitrogens with zero attached hydrogens (tertiary/aromatic N) is 2. The van der Waals surface area contributed by atoms with Gasteiger partial charge in [-0.1, -0.05) is 18.2 Å². The maximum Gasteiger partial charge on any atom is 0.206 e. The molecule has 0 aliphatic rings. The van der Waals surface area contributed by atoms with Gasteiger partial charge in [-0.15, -0.1) is 0 Å². The van der Waals surface area contributed by atoms with Crippen LogP contribution in [0.4, 0.5) is 0 Å². The molecule has 4 rings (SSSR count). The van der Waals surface area contributed by atoms with E-state index in [0.717, 1.165) is 22.3 Å². The second-order valence-corrected chi connectivity index (χ2v) is 9.38. The maximum absolute atomic E-state index is 12.9. The van der Waals surface area contributed by atoms with Crippen LogP contribution in [-0.2, 0) is 16.3 Å². The van der Waals surface area contributed by atoms with Crippen LogP contribution in [0.1, 0.15) is 33.5 Å². The molecule has 0 fully saturated rings. The molecule has 0 aliphatic heterocycles. The van der Waals surface area contributed by atoms with E-state index in [2.05, 4.69) is 4.98 Å². The summed E-state index contributed by atoms with van der Waals surface area (Å²) < 4.78 is 27.6. The lowest BCUT2D eigenvalue weighted by Crippen LogP contribution is -2.04. The van der Waals surface area contributed by atoms with Gasteiger partial charge in [0, 0.05) is 30.6 Å². The Bertz CT molecular complexity index is 1340. The fourth-order valence-electron chi connectivity index (χ4n) is 3.34. The summed E-state index contributed by atoms with van der Waals surface area (Å²) in [6, 6.07) is 15.5. The third-order valence-electron chi connectivity index (χ3n) is 5.37. The van der Waals surface area contributed by atoms with Crippen molar-refractivity contribution >= 4 is 21.3 Å². The first kappa shape index (κ1) is 20.0. The number of imidazole rings is 1. The van der Waals surface area contributed by atoms with Crippen molar-refractivity contribution < 1.29 is 13.2 Å². The number of rotatable bonds is 6. The SMILES string of the molecule is Cc1ccc(S(=O)(=O)c2ccc(CCC(=O)c3ccc4nccn4c3)cc2)cc1C. The Balaban J connectivity index is 1.46. The fraction of sp³-hybridized carbons (Fsp3) is 0.167. The summed E-state index contributed by atoms with van der Waals surface area (Å²) in [6.07, 6.45) is 6.18. The Morgan fingerprint density at radius 2 is 1.67 bits per heavy atom. The molecular weight excluding hydrogens is 396 g/mol. The van der Waals surface area contributed by atoms with Gasteiger partial charge in [-0.25, -0.2) is 13.4 Å². The summed E-state index contributed by atoms with van der Waals surface area (Å²) >= 11 is 0. The summed E-state index contributed by atoms with van der Waals surface area (Å²) in [6.45, 7) is 3.86. The van der Waals surface area contributed by atoms with E-state index in [4.69, 9.17) is 0 Å². The number of fused-ring (bicyclic) bond motifs is 1. The average Bonchev–Trinajstić information content (AvgIpc) is 3.22. The smallest absolute Gasteiger partial charge is 0.206 e. The van der Waals surface area contributed by atoms with Crippen molar-refractivity contribution in [1.29, 1.82) is 0 Å². The molecule has 0 N–H and O–H groups in total. The van der Waals surface area contributed by atoms with Gasteiger partial charge in [0.15, 0.2) is 5.78 Å². The molecule has 0 amide bonds. The molecule has 0 saturated carbocycles. The monoisotopic (exact) mass is 418 g/mol. The normalized spacial score (nSPS) is 11.7. The largest absolute Gasteiger partial charge is 0.306 e. The molecule has 0 atom stereocenters. The van der Waals surface area contributed by atoms with Crippen LogP contribution in [0.2, 0.25) is 0 Å². The number of aryl methyl sites for hydroxylation is 3. The van der Waals surface area contributed by atoms with E-state index >= 15 is 0 Å². The van der Waals surface area contributed by atoms with E-state index in [1.165, 1.54) is 0 Å². The number of carbonyl (C=O) groups excluding carboxylic acids is 1. The van der Waals surface area contributed by atoms with Crippen LogP contribution in [0.15, 0.2) is 83.0 Å². The summed E-state index contributed by atoms with van der Waals surface area (Å²) in [5, 5.41) is 0. The Morgan fingerprint density at radius 3 is 2.40 bits per heavy atom. The Kier molecular flexibility index (Phi) is 5.26. The molecule has 6 heteroatoms. The zero-order chi connectivity index (χ0) is 21.3. The minimum Gasteiger partial charge on any atom is -0.306 e. The van der Waals surface area contributed by atoms with Gasteiger partial charge in [0.05, 0.1) is 9.79 Å². The lowest BCUT2D eigenvalue weighted by Gasteiger charge is -2.08. The number of carbonyl (C=O) groups is 1. The minimum atomic E-state index is -3.56. The van der Waals surface area contributed by atoms with Crippen LogP contribution in [0.3, 0.4) is 0 Å². The molecule has 0 radical (unpaired) electrons. The Morgan fingerprint density at radius 1 is 0.933 bits per heavy atom. The van der Waals surface area contributed by atoms with Crippen molar-refractivity contribution in [3.8, 4) is 0 Å². The quantitative estimate of drug-likeness (QED) is 0.429. The highest BCUT2D eigenvalue weighted by Crippen LogP contribution is 2.23. The zero-order valence-electron chi connectivity index (χ0n) is 16.9. The lowest BCUT2D eigenvalue weighted by atomic mass is 10.0. The van der Waals surface area contributed by atoms with Crippen molar-refractivity contribution in [3.05, 3.63) is 95.4 Å². The van der Waals surface area contributed by atoms with Crippen molar-refractivity contribution in [2.45, 2.75) is 36.5 Å². The Labute approximate surface area is 175 Å². The number of aromatic nitrogens is 2. The average molecular weight is 419 g/mol. The van der Waals surface area contributed by atoms with Crippen LogP contribution < -0.4 is 0 Å². The molecule has 0 aliphatic carbocycles. The predicted octanol–water partition coefficient (Wildman–Crippen LogP) is 4.60. The van der Waals surface area contributed by atoms with Crippen LogP contribution in [-0.4, -0.2) is 23.6 Å². The maximum atomic E-state index is 12.9. The van der Waals surface area contributed by atoms with Crippen LogP contribution >= 0.6 is 0 Å². The molecule has 30 heavy (non-hydrogen) atoms. The zero-order valence-corrected chi connectivity index (χ0v) is 17.7. The van der Waals surface area contributed by atoms with Gasteiger partial charge in [-0.2, -0.15) is 0 Å². The lowest BCUT2D eigenvalue weighted by molar-refractivity contribution is 0.0982.